The van der Waals surface area contributed by atoms with Gasteiger partial charge >= 0.3 is 0 Å². The minimum atomic E-state index is 0.00301. The van der Waals surface area contributed by atoms with Gasteiger partial charge in [0, 0.05) is 11.8 Å². The molecule has 0 aliphatic heterocycles. The maximum atomic E-state index is 11.6. The van der Waals surface area contributed by atoms with Gasteiger partial charge in [0.15, 0.2) is 0 Å². The maximum Gasteiger partial charge on any atom is 0.136 e. The molecule has 2 aliphatic rings. The maximum absolute atomic E-state index is 11.6. The fourth-order valence-corrected chi connectivity index (χ4v) is 3.06. The molecule has 0 spiro atoms. The minimum absolute atomic E-state index is 0.00301. The van der Waals surface area contributed by atoms with Crippen molar-refractivity contribution >= 4 is 11.6 Å². The summed E-state index contributed by atoms with van der Waals surface area (Å²) in [7, 11) is 0. The van der Waals surface area contributed by atoms with Crippen molar-refractivity contribution in [2.24, 2.45) is 17.8 Å². The lowest BCUT2D eigenvalue weighted by molar-refractivity contribution is -0.124. The van der Waals surface area contributed by atoms with Gasteiger partial charge in [0.25, 0.3) is 0 Å². The van der Waals surface area contributed by atoms with E-state index in [1.54, 1.807) is 13.8 Å². The Hall–Kier alpha value is -0.920. The SMILES string of the molecule is CC(=O)[C@H]1C=C2CCC[C@@H]2[C@H](C(C)=O)C1. The number of hydrogen-bond acceptors (Lipinski definition) is 2. The van der Waals surface area contributed by atoms with Crippen molar-refractivity contribution in [3.63, 3.8) is 0 Å². The molecular weight excluding hydrogens is 188 g/mol. The average molecular weight is 206 g/mol. The van der Waals surface area contributed by atoms with Gasteiger partial charge in [0.2, 0.25) is 0 Å². The molecule has 0 N–H and O–H groups in total. The van der Waals surface area contributed by atoms with Gasteiger partial charge in [-0.25, -0.2) is 0 Å². The Morgan fingerprint density at radius 2 is 2.00 bits per heavy atom. The predicted molar refractivity (Wildman–Crippen MR) is 58.4 cm³/mol. The van der Waals surface area contributed by atoms with Crippen LogP contribution >= 0.6 is 0 Å². The highest BCUT2D eigenvalue weighted by Gasteiger charge is 2.37. The van der Waals surface area contributed by atoms with Crippen molar-refractivity contribution in [3.05, 3.63) is 11.6 Å². The third-order valence-electron chi connectivity index (χ3n) is 3.91. The van der Waals surface area contributed by atoms with Gasteiger partial charge in [-0.2, -0.15) is 0 Å². The molecular formula is C13H18O2. The van der Waals surface area contributed by atoms with Gasteiger partial charge in [-0.15, -0.1) is 0 Å². The van der Waals surface area contributed by atoms with Gasteiger partial charge in [-0.1, -0.05) is 11.6 Å². The minimum Gasteiger partial charge on any atom is -0.300 e. The highest BCUT2D eigenvalue weighted by molar-refractivity contribution is 5.84. The number of carbonyl (C=O) groups excluding carboxylic acids is 2. The fraction of sp³-hybridized carbons (Fsp3) is 0.692. The van der Waals surface area contributed by atoms with Crippen molar-refractivity contribution < 1.29 is 9.59 Å². The van der Waals surface area contributed by atoms with Crippen LogP contribution in [0.15, 0.2) is 11.6 Å². The van der Waals surface area contributed by atoms with Gasteiger partial charge in [-0.3, -0.25) is 9.59 Å². The number of fused-ring (bicyclic) bond motifs is 1. The van der Waals surface area contributed by atoms with Gasteiger partial charge < -0.3 is 0 Å². The summed E-state index contributed by atoms with van der Waals surface area (Å²) in [5, 5.41) is 0. The number of Topliss-reactive ketones (excluding diaryl/α,β-unsaturated/α-hetero) is 2. The van der Waals surface area contributed by atoms with E-state index in [9.17, 15) is 9.59 Å². The van der Waals surface area contributed by atoms with Crippen LogP contribution in [0.5, 0.6) is 0 Å². The van der Waals surface area contributed by atoms with Gasteiger partial charge in [0.05, 0.1) is 0 Å². The monoisotopic (exact) mass is 206 g/mol. The van der Waals surface area contributed by atoms with E-state index >= 15 is 0 Å². The molecule has 2 nitrogen and oxygen atoms in total. The first-order valence-electron chi connectivity index (χ1n) is 5.81. The second-order valence-corrected chi connectivity index (χ2v) is 4.91. The molecule has 0 bridgehead atoms. The normalized spacial score (nSPS) is 34.5. The molecule has 0 saturated heterocycles. The van der Waals surface area contributed by atoms with E-state index in [4.69, 9.17) is 0 Å². The van der Waals surface area contributed by atoms with Crippen molar-refractivity contribution in [2.45, 2.75) is 39.5 Å². The van der Waals surface area contributed by atoms with Crippen molar-refractivity contribution in [3.8, 4) is 0 Å². The molecule has 0 unspecified atom stereocenters. The lowest BCUT2D eigenvalue weighted by Crippen LogP contribution is -2.29. The van der Waals surface area contributed by atoms with Crippen molar-refractivity contribution in [1.82, 2.24) is 0 Å². The van der Waals surface area contributed by atoms with E-state index in [0.29, 0.717) is 5.92 Å². The zero-order chi connectivity index (χ0) is 11.0. The largest absolute Gasteiger partial charge is 0.300 e. The number of ketones is 2. The molecule has 0 aromatic carbocycles. The molecule has 2 rings (SSSR count). The van der Waals surface area contributed by atoms with Crippen LogP contribution in [-0.4, -0.2) is 11.6 Å². The van der Waals surface area contributed by atoms with Crippen LogP contribution in [0, 0.1) is 17.8 Å². The Kier molecular flexibility index (Phi) is 2.76. The third kappa shape index (κ3) is 1.90. The first kappa shape index (κ1) is 10.6. The summed E-state index contributed by atoms with van der Waals surface area (Å²) >= 11 is 0. The van der Waals surface area contributed by atoms with Crippen LogP contribution in [0.4, 0.5) is 0 Å². The molecule has 0 radical (unpaired) electrons. The van der Waals surface area contributed by atoms with Gasteiger partial charge in [0.1, 0.15) is 11.6 Å². The Morgan fingerprint density at radius 1 is 1.27 bits per heavy atom. The summed E-state index contributed by atoms with van der Waals surface area (Å²) in [5.41, 5.74) is 1.38. The van der Waals surface area contributed by atoms with E-state index in [1.807, 2.05) is 0 Å². The summed E-state index contributed by atoms with van der Waals surface area (Å²) in [6.45, 7) is 3.30. The molecule has 1 fully saturated rings. The zero-order valence-corrected chi connectivity index (χ0v) is 9.45. The topological polar surface area (TPSA) is 34.1 Å². The summed E-state index contributed by atoms with van der Waals surface area (Å²) in [5.74, 6) is 1.04. The van der Waals surface area contributed by atoms with E-state index in [1.165, 1.54) is 12.0 Å². The number of hydrogen-bond donors (Lipinski definition) is 0. The molecule has 0 heterocycles. The Morgan fingerprint density at radius 3 is 2.60 bits per heavy atom. The first-order valence-corrected chi connectivity index (χ1v) is 5.81. The van der Waals surface area contributed by atoms with Gasteiger partial charge in [-0.05, 0) is 45.4 Å². The lowest BCUT2D eigenvalue weighted by Gasteiger charge is -2.30. The summed E-state index contributed by atoms with van der Waals surface area (Å²) in [4.78, 5) is 23.0. The van der Waals surface area contributed by atoms with E-state index in [2.05, 4.69) is 6.08 Å². The summed E-state index contributed by atoms with van der Waals surface area (Å²) < 4.78 is 0. The first-order chi connectivity index (χ1) is 7.09. The average Bonchev–Trinajstić information content (AvgIpc) is 2.62. The molecule has 15 heavy (non-hydrogen) atoms. The fourth-order valence-electron chi connectivity index (χ4n) is 3.06. The molecule has 2 aliphatic carbocycles. The zero-order valence-electron chi connectivity index (χ0n) is 9.45. The Bertz CT molecular complexity index is 327. The highest BCUT2D eigenvalue weighted by Crippen LogP contribution is 2.44. The quantitative estimate of drug-likeness (QED) is 0.651. The second-order valence-electron chi connectivity index (χ2n) is 4.91. The molecule has 0 aromatic rings. The molecule has 0 aromatic heterocycles. The van der Waals surface area contributed by atoms with Crippen LogP contribution in [0.25, 0.3) is 0 Å². The van der Waals surface area contributed by atoms with Crippen LogP contribution < -0.4 is 0 Å². The van der Waals surface area contributed by atoms with Crippen LogP contribution in [0.2, 0.25) is 0 Å². The molecule has 0 amide bonds. The van der Waals surface area contributed by atoms with Crippen LogP contribution in [0.3, 0.4) is 0 Å². The Labute approximate surface area is 90.7 Å². The van der Waals surface area contributed by atoms with Crippen molar-refractivity contribution in [1.29, 1.82) is 0 Å². The second kappa shape index (κ2) is 3.92. The van der Waals surface area contributed by atoms with E-state index in [0.717, 1.165) is 19.3 Å². The van der Waals surface area contributed by atoms with Crippen molar-refractivity contribution in [2.75, 3.05) is 0 Å². The Balaban J connectivity index is 2.27. The van der Waals surface area contributed by atoms with Crippen LogP contribution in [-0.2, 0) is 9.59 Å². The molecule has 1 saturated carbocycles. The molecule has 82 valence electrons. The predicted octanol–water partition coefficient (Wildman–Crippen LogP) is 2.53. The number of carbonyl (C=O) groups is 2. The molecule has 2 heteroatoms. The smallest absolute Gasteiger partial charge is 0.136 e. The summed E-state index contributed by atoms with van der Waals surface area (Å²) in [6, 6.07) is 0. The summed E-state index contributed by atoms with van der Waals surface area (Å²) in [6.07, 6.45) is 6.31. The standard InChI is InChI=1S/C13H18O2/c1-8(14)11-6-10-4-3-5-12(10)13(7-11)9(2)15/h6,11-13H,3-5,7H2,1-2H3/t11-,12-,13-/m0/s1. The van der Waals surface area contributed by atoms with E-state index in [-0.39, 0.29) is 23.4 Å². The lowest BCUT2D eigenvalue weighted by atomic mass is 9.73. The van der Waals surface area contributed by atoms with Crippen LogP contribution in [0.1, 0.15) is 39.5 Å². The number of allylic oxidation sites excluding steroid dienone is 2. The number of rotatable bonds is 2. The third-order valence-corrected chi connectivity index (χ3v) is 3.91. The van der Waals surface area contributed by atoms with E-state index < -0.39 is 0 Å². The molecule has 3 atom stereocenters. The highest BCUT2D eigenvalue weighted by atomic mass is 16.1.